The van der Waals surface area contributed by atoms with Crippen molar-refractivity contribution >= 4 is 11.3 Å². The summed E-state index contributed by atoms with van der Waals surface area (Å²) in [6.45, 7) is 1.88. The zero-order chi connectivity index (χ0) is 10.7. The number of nitrogens with zero attached hydrogens (tertiary/aromatic N) is 2. The van der Waals surface area contributed by atoms with Gasteiger partial charge in [0.25, 0.3) is 0 Å². The molecule has 3 nitrogen and oxygen atoms in total. The maximum atomic E-state index is 6.07. The molecular weight excluding hydrogens is 206 g/mol. The van der Waals surface area contributed by atoms with E-state index in [0.717, 1.165) is 17.9 Å². The van der Waals surface area contributed by atoms with Crippen LogP contribution in [0.3, 0.4) is 0 Å². The Balaban J connectivity index is 2.11. The summed E-state index contributed by atoms with van der Waals surface area (Å²) in [6.07, 6.45) is 2.59. The fourth-order valence-electron chi connectivity index (χ4n) is 1.45. The topological polar surface area (TPSA) is 51.8 Å². The molecule has 2 rings (SSSR count). The molecule has 15 heavy (non-hydrogen) atoms. The van der Waals surface area contributed by atoms with E-state index in [1.807, 2.05) is 13.0 Å². The van der Waals surface area contributed by atoms with Gasteiger partial charge >= 0.3 is 0 Å². The standard InChI is InChI=1S/C11H13N3S/c1-8-13-4-2-11(14-8)10(12)6-9-3-5-15-7-9/h2-5,7,10H,6,12H2,1H3. The Kier molecular flexibility index (Phi) is 3.08. The third-order valence-corrected chi connectivity index (χ3v) is 2.95. The Morgan fingerprint density at radius 3 is 3.00 bits per heavy atom. The second-order valence-corrected chi connectivity index (χ2v) is 4.25. The Morgan fingerprint density at radius 2 is 2.33 bits per heavy atom. The van der Waals surface area contributed by atoms with Crippen molar-refractivity contribution in [3.05, 3.63) is 46.2 Å². The van der Waals surface area contributed by atoms with E-state index in [-0.39, 0.29) is 6.04 Å². The van der Waals surface area contributed by atoms with Gasteiger partial charge in [0.05, 0.1) is 11.7 Å². The van der Waals surface area contributed by atoms with E-state index in [9.17, 15) is 0 Å². The molecule has 2 aromatic heterocycles. The molecular formula is C11H13N3S. The maximum Gasteiger partial charge on any atom is 0.125 e. The van der Waals surface area contributed by atoms with Gasteiger partial charge < -0.3 is 5.73 Å². The molecule has 78 valence electrons. The molecule has 0 amide bonds. The fourth-order valence-corrected chi connectivity index (χ4v) is 2.13. The Hall–Kier alpha value is -1.26. The number of thiophene rings is 1. The molecule has 2 aromatic rings. The van der Waals surface area contributed by atoms with E-state index in [1.165, 1.54) is 5.56 Å². The average Bonchev–Trinajstić information content (AvgIpc) is 2.70. The van der Waals surface area contributed by atoms with Gasteiger partial charge in [-0.2, -0.15) is 11.3 Å². The average molecular weight is 219 g/mol. The van der Waals surface area contributed by atoms with Crippen molar-refractivity contribution in [3.63, 3.8) is 0 Å². The van der Waals surface area contributed by atoms with Crippen molar-refractivity contribution in [3.8, 4) is 0 Å². The summed E-state index contributed by atoms with van der Waals surface area (Å²) in [6, 6.07) is 3.93. The van der Waals surface area contributed by atoms with Crippen LogP contribution in [0.15, 0.2) is 29.1 Å². The van der Waals surface area contributed by atoms with Gasteiger partial charge in [-0.15, -0.1) is 0 Å². The van der Waals surface area contributed by atoms with E-state index in [2.05, 4.69) is 26.8 Å². The molecule has 0 radical (unpaired) electrons. The second-order valence-electron chi connectivity index (χ2n) is 3.47. The summed E-state index contributed by atoms with van der Waals surface area (Å²) in [4.78, 5) is 8.38. The summed E-state index contributed by atoms with van der Waals surface area (Å²) in [7, 11) is 0. The van der Waals surface area contributed by atoms with Crippen molar-refractivity contribution in [2.45, 2.75) is 19.4 Å². The molecule has 1 unspecified atom stereocenters. The molecule has 1 atom stereocenters. The summed E-state index contributed by atoms with van der Waals surface area (Å²) in [5, 5.41) is 4.18. The highest BCUT2D eigenvalue weighted by Gasteiger charge is 2.08. The number of nitrogens with two attached hydrogens (primary N) is 1. The largest absolute Gasteiger partial charge is 0.322 e. The monoisotopic (exact) mass is 219 g/mol. The third kappa shape index (κ3) is 2.61. The van der Waals surface area contributed by atoms with Crippen LogP contribution >= 0.6 is 11.3 Å². The van der Waals surface area contributed by atoms with E-state index in [0.29, 0.717) is 0 Å². The number of hydrogen-bond acceptors (Lipinski definition) is 4. The summed E-state index contributed by atoms with van der Waals surface area (Å²) in [5.41, 5.74) is 8.25. The summed E-state index contributed by atoms with van der Waals surface area (Å²) >= 11 is 1.69. The minimum Gasteiger partial charge on any atom is -0.322 e. The molecule has 0 aliphatic carbocycles. The lowest BCUT2D eigenvalue weighted by atomic mass is 10.1. The van der Waals surface area contributed by atoms with Gasteiger partial charge in [0, 0.05) is 6.20 Å². The molecule has 0 bridgehead atoms. The Morgan fingerprint density at radius 1 is 1.47 bits per heavy atom. The van der Waals surface area contributed by atoms with Crippen LogP contribution < -0.4 is 5.73 Å². The number of aromatic nitrogens is 2. The van der Waals surface area contributed by atoms with Crippen LogP contribution in [-0.4, -0.2) is 9.97 Å². The van der Waals surface area contributed by atoms with Gasteiger partial charge in [0.2, 0.25) is 0 Å². The van der Waals surface area contributed by atoms with Crippen LogP contribution in [-0.2, 0) is 6.42 Å². The zero-order valence-corrected chi connectivity index (χ0v) is 9.37. The van der Waals surface area contributed by atoms with Gasteiger partial charge in [-0.1, -0.05) is 0 Å². The minimum atomic E-state index is -0.0405. The smallest absolute Gasteiger partial charge is 0.125 e. The van der Waals surface area contributed by atoms with Crippen molar-refractivity contribution in [1.29, 1.82) is 0 Å². The first-order chi connectivity index (χ1) is 7.25. The van der Waals surface area contributed by atoms with Gasteiger partial charge in [0.15, 0.2) is 0 Å². The lowest BCUT2D eigenvalue weighted by molar-refractivity contribution is 0.689. The molecule has 0 aliphatic heterocycles. The summed E-state index contributed by atoms with van der Waals surface area (Å²) in [5.74, 6) is 0.772. The predicted molar refractivity (Wildman–Crippen MR) is 61.7 cm³/mol. The van der Waals surface area contributed by atoms with Crippen molar-refractivity contribution < 1.29 is 0 Å². The molecule has 0 saturated heterocycles. The minimum absolute atomic E-state index is 0.0405. The number of hydrogen-bond donors (Lipinski definition) is 1. The first-order valence-corrected chi connectivity index (χ1v) is 5.76. The van der Waals surface area contributed by atoms with Crippen LogP contribution in [0.1, 0.15) is 23.1 Å². The highest BCUT2D eigenvalue weighted by Crippen LogP contribution is 2.15. The normalized spacial score (nSPS) is 12.7. The van der Waals surface area contributed by atoms with Gasteiger partial charge in [-0.25, -0.2) is 9.97 Å². The van der Waals surface area contributed by atoms with E-state index >= 15 is 0 Å². The molecule has 0 aliphatic rings. The van der Waals surface area contributed by atoms with Crippen LogP contribution in [0.2, 0.25) is 0 Å². The molecule has 0 fully saturated rings. The lowest BCUT2D eigenvalue weighted by Crippen LogP contribution is -2.15. The zero-order valence-electron chi connectivity index (χ0n) is 8.55. The highest BCUT2D eigenvalue weighted by atomic mass is 32.1. The number of aryl methyl sites for hydroxylation is 1. The Labute approximate surface area is 93.0 Å². The van der Waals surface area contributed by atoms with Crippen LogP contribution in [0.25, 0.3) is 0 Å². The molecule has 4 heteroatoms. The predicted octanol–water partition coefficient (Wildman–Crippen LogP) is 2.09. The highest BCUT2D eigenvalue weighted by molar-refractivity contribution is 7.07. The molecule has 0 saturated carbocycles. The van der Waals surface area contributed by atoms with Crippen molar-refractivity contribution in [1.82, 2.24) is 9.97 Å². The van der Waals surface area contributed by atoms with E-state index < -0.39 is 0 Å². The molecule has 2 N–H and O–H groups in total. The molecule has 2 heterocycles. The summed E-state index contributed by atoms with van der Waals surface area (Å²) < 4.78 is 0. The molecule has 0 aromatic carbocycles. The van der Waals surface area contributed by atoms with Gasteiger partial charge in [-0.3, -0.25) is 0 Å². The lowest BCUT2D eigenvalue weighted by Gasteiger charge is -2.09. The quantitative estimate of drug-likeness (QED) is 0.860. The molecule has 0 spiro atoms. The third-order valence-electron chi connectivity index (χ3n) is 2.21. The fraction of sp³-hybridized carbons (Fsp3) is 0.273. The SMILES string of the molecule is Cc1nccc(C(N)Cc2ccsc2)n1. The Bertz CT molecular complexity index is 425. The van der Waals surface area contributed by atoms with E-state index in [1.54, 1.807) is 17.5 Å². The van der Waals surface area contributed by atoms with Crippen LogP contribution in [0.5, 0.6) is 0 Å². The first-order valence-electron chi connectivity index (χ1n) is 4.82. The van der Waals surface area contributed by atoms with Crippen LogP contribution in [0.4, 0.5) is 0 Å². The maximum absolute atomic E-state index is 6.07. The second kappa shape index (κ2) is 4.51. The van der Waals surface area contributed by atoms with Crippen molar-refractivity contribution in [2.75, 3.05) is 0 Å². The van der Waals surface area contributed by atoms with Gasteiger partial charge in [-0.05, 0) is 41.8 Å². The first kappa shape index (κ1) is 10.3. The van der Waals surface area contributed by atoms with E-state index in [4.69, 9.17) is 5.73 Å². The number of rotatable bonds is 3. The van der Waals surface area contributed by atoms with Crippen molar-refractivity contribution in [2.24, 2.45) is 5.73 Å². The van der Waals surface area contributed by atoms with Crippen LogP contribution in [0, 0.1) is 6.92 Å². The van der Waals surface area contributed by atoms with Gasteiger partial charge in [0.1, 0.15) is 5.82 Å².